The summed E-state index contributed by atoms with van der Waals surface area (Å²) in [6.45, 7) is 0.177. The van der Waals surface area contributed by atoms with Crippen LogP contribution < -0.4 is 10.5 Å². The Kier molecular flexibility index (Phi) is 5.25. The van der Waals surface area contributed by atoms with Crippen LogP contribution in [0.3, 0.4) is 0 Å². The van der Waals surface area contributed by atoms with Crippen molar-refractivity contribution in [1.29, 1.82) is 0 Å². The minimum Gasteiger partial charge on any atom is -0.485 e. The van der Waals surface area contributed by atoms with E-state index < -0.39 is 5.97 Å². The smallest absolute Gasteiger partial charge is 0.400 e. The maximum Gasteiger partial charge on any atom is 0.400 e. The third kappa shape index (κ3) is 4.27. The first kappa shape index (κ1) is 18.3. The largest absolute Gasteiger partial charge is 0.485 e. The topological polar surface area (TPSA) is 87.1 Å². The van der Waals surface area contributed by atoms with Gasteiger partial charge in [0.05, 0.1) is 0 Å². The van der Waals surface area contributed by atoms with Gasteiger partial charge in [-0.15, -0.1) is 0 Å². The molecule has 2 N–H and O–H groups in total. The number of hydrogen-bond acceptors (Lipinski definition) is 5. The molecule has 0 radical (unpaired) electrons. The summed E-state index contributed by atoms with van der Waals surface area (Å²) in [7, 11) is 0. The fourth-order valence-corrected chi connectivity index (χ4v) is 2.83. The first-order valence-electron chi connectivity index (χ1n) is 9.00. The zero-order chi connectivity index (χ0) is 20.1. The summed E-state index contributed by atoms with van der Waals surface area (Å²) in [5.41, 5.74) is 6.46. The summed E-state index contributed by atoms with van der Waals surface area (Å²) in [6.07, 6.45) is 0. The Morgan fingerprint density at radius 2 is 1.66 bits per heavy atom. The average molecular weight is 386 g/mol. The molecule has 0 spiro atoms. The van der Waals surface area contributed by atoms with E-state index in [9.17, 15) is 4.79 Å². The van der Waals surface area contributed by atoms with Crippen molar-refractivity contribution in [1.82, 2.24) is 0 Å². The number of nitrogens with two attached hydrogens (primary N) is 1. The van der Waals surface area contributed by atoms with Crippen molar-refractivity contribution in [2.45, 2.75) is 6.61 Å². The van der Waals surface area contributed by atoms with Crippen LogP contribution in [0.25, 0.3) is 10.8 Å². The van der Waals surface area contributed by atoms with Gasteiger partial charge < -0.3 is 19.7 Å². The quantitative estimate of drug-likeness (QED) is 0.228. The molecule has 0 aliphatic carbocycles. The number of furan rings is 1. The highest BCUT2D eigenvalue weighted by molar-refractivity contribution is 5.97. The van der Waals surface area contributed by atoms with E-state index in [2.05, 4.69) is 5.16 Å². The molecular weight excluding hydrogens is 368 g/mol. The molecule has 4 aromatic rings. The average Bonchev–Trinajstić information content (AvgIpc) is 3.25. The summed E-state index contributed by atoms with van der Waals surface area (Å²) >= 11 is 0. The molecule has 0 amide bonds. The molecule has 144 valence electrons. The number of carbonyl (C=O) groups excluding carboxylic acids is 1. The second-order valence-electron chi connectivity index (χ2n) is 6.25. The van der Waals surface area contributed by atoms with E-state index >= 15 is 0 Å². The molecule has 0 aliphatic rings. The lowest BCUT2D eigenvalue weighted by molar-refractivity contribution is 0.0475. The maximum atomic E-state index is 12.1. The molecule has 6 nitrogen and oxygen atoms in total. The van der Waals surface area contributed by atoms with Gasteiger partial charge in [-0.25, -0.2) is 4.79 Å². The van der Waals surface area contributed by atoms with Crippen LogP contribution in [0.1, 0.15) is 21.9 Å². The van der Waals surface area contributed by atoms with Gasteiger partial charge in [0.2, 0.25) is 5.76 Å². The zero-order valence-corrected chi connectivity index (χ0v) is 15.4. The van der Waals surface area contributed by atoms with E-state index in [1.54, 1.807) is 18.2 Å². The first-order valence-corrected chi connectivity index (χ1v) is 9.00. The van der Waals surface area contributed by atoms with Crippen molar-refractivity contribution in [2.75, 3.05) is 0 Å². The molecule has 1 heterocycles. The van der Waals surface area contributed by atoms with Crippen LogP contribution in [-0.4, -0.2) is 11.8 Å². The number of nitrogens with zero attached hydrogens (tertiary/aromatic N) is 1. The van der Waals surface area contributed by atoms with Crippen molar-refractivity contribution < 1.29 is 18.8 Å². The third-order valence-electron chi connectivity index (χ3n) is 4.28. The van der Waals surface area contributed by atoms with E-state index in [4.69, 9.17) is 19.7 Å². The van der Waals surface area contributed by atoms with Gasteiger partial charge in [-0.3, -0.25) is 0 Å². The number of carbonyl (C=O) groups is 1. The van der Waals surface area contributed by atoms with E-state index in [0.717, 1.165) is 16.5 Å². The first-order chi connectivity index (χ1) is 14.2. The van der Waals surface area contributed by atoms with E-state index in [-0.39, 0.29) is 18.2 Å². The minimum absolute atomic E-state index is 0.0196. The van der Waals surface area contributed by atoms with Gasteiger partial charge in [0.15, 0.2) is 5.84 Å². The van der Waals surface area contributed by atoms with E-state index in [0.29, 0.717) is 11.3 Å². The Balaban J connectivity index is 1.40. The van der Waals surface area contributed by atoms with Gasteiger partial charge in [-0.1, -0.05) is 71.9 Å². The molecule has 4 rings (SSSR count). The maximum absolute atomic E-state index is 12.1. The van der Waals surface area contributed by atoms with Gasteiger partial charge in [0.25, 0.3) is 0 Å². The Bertz CT molecular complexity index is 1160. The van der Waals surface area contributed by atoms with Crippen LogP contribution in [0.15, 0.2) is 94.5 Å². The third-order valence-corrected chi connectivity index (χ3v) is 4.28. The number of amidine groups is 1. The van der Waals surface area contributed by atoms with E-state index in [1.807, 2.05) is 60.7 Å². The fraction of sp³-hybridized carbons (Fsp3) is 0.0435. The van der Waals surface area contributed by atoms with Crippen LogP contribution in [0, 0.1) is 0 Å². The van der Waals surface area contributed by atoms with Crippen LogP contribution in [0.2, 0.25) is 0 Å². The number of benzene rings is 3. The second kappa shape index (κ2) is 8.31. The molecule has 0 aliphatic heterocycles. The predicted molar refractivity (Wildman–Crippen MR) is 110 cm³/mol. The number of rotatable bonds is 6. The molecule has 3 aromatic carbocycles. The van der Waals surface area contributed by atoms with Crippen LogP contribution in [-0.2, 0) is 11.4 Å². The van der Waals surface area contributed by atoms with E-state index in [1.165, 1.54) is 6.07 Å². The highest BCUT2D eigenvalue weighted by atomic mass is 16.7. The molecule has 6 heteroatoms. The number of oxime groups is 1. The lowest BCUT2D eigenvalue weighted by atomic mass is 10.1. The van der Waals surface area contributed by atoms with Crippen molar-refractivity contribution in [2.24, 2.45) is 10.9 Å². The van der Waals surface area contributed by atoms with Crippen molar-refractivity contribution in [3.63, 3.8) is 0 Å². The standard InChI is InChI=1S/C23H18N2O4/c24-22(17-8-2-1-3-9-17)25-29-23(26)21-14-13-18(28-21)15-27-20-12-6-10-16-7-4-5-11-19(16)20/h1-14H,15H2,(H2,24,25). The van der Waals surface area contributed by atoms with Gasteiger partial charge in [0, 0.05) is 10.9 Å². The Labute approximate surface area is 167 Å². The highest BCUT2D eigenvalue weighted by Gasteiger charge is 2.14. The fourth-order valence-electron chi connectivity index (χ4n) is 2.83. The summed E-state index contributed by atoms with van der Waals surface area (Å²) in [4.78, 5) is 17.0. The summed E-state index contributed by atoms with van der Waals surface area (Å²) < 4.78 is 11.4. The molecule has 0 unspecified atom stereocenters. The molecule has 1 aromatic heterocycles. The van der Waals surface area contributed by atoms with Crippen LogP contribution in [0.5, 0.6) is 5.75 Å². The van der Waals surface area contributed by atoms with Gasteiger partial charge in [-0.05, 0) is 23.6 Å². The number of ether oxygens (including phenoxy) is 1. The van der Waals surface area contributed by atoms with Crippen molar-refractivity contribution in [3.05, 3.63) is 102 Å². The Morgan fingerprint density at radius 3 is 2.52 bits per heavy atom. The second-order valence-corrected chi connectivity index (χ2v) is 6.25. The SMILES string of the molecule is N/C(=N\OC(=O)c1ccc(COc2cccc3ccccc23)o1)c1ccccc1. The lowest BCUT2D eigenvalue weighted by Crippen LogP contribution is -2.15. The van der Waals surface area contributed by atoms with Crippen LogP contribution in [0.4, 0.5) is 0 Å². The predicted octanol–water partition coefficient (Wildman–Crippen LogP) is 4.49. The Morgan fingerprint density at radius 1 is 0.897 bits per heavy atom. The number of fused-ring (bicyclic) bond motifs is 1. The van der Waals surface area contributed by atoms with Gasteiger partial charge >= 0.3 is 5.97 Å². The monoisotopic (exact) mass is 386 g/mol. The molecular formula is C23H18N2O4. The summed E-state index contributed by atoms with van der Waals surface area (Å²) in [5.74, 6) is 0.616. The molecule has 29 heavy (non-hydrogen) atoms. The lowest BCUT2D eigenvalue weighted by Gasteiger charge is -2.07. The molecule has 0 atom stereocenters. The zero-order valence-electron chi connectivity index (χ0n) is 15.4. The van der Waals surface area contributed by atoms with Crippen LogP contribution >= 0.6 is 0 Å². The van der Waals surface area contributed by atoms with Gasteiger partial charge in [0.1, 0.15) is 18.1 Å². The minimum atomic E-state index is -0.736. The molecule has 0 fully saturated rings. The summed E-state index contributed by atoms with van der Waals surface area (Å²) in [5, 5.41) is 5.75. The molecule has 0 saturated carbocycles. The Hall–Kier alpha value is -4.06. The summed E-state index contributed by atoms with van der Waals surface area (Å²) in [6, 6.07) is 26.0. The molecule has 0 bridgehead atoms. The van der Waals surface area contributed by atoms with Crippen molar-refractivity contribution in [3.8, 4) is 5.75 Å². The molecule has 0 saturated heterocycles. The highest BCUT2D eigenvalue weighted by Crippen LogP contribution is 2.26. The van der Waals surface area contributed by atoms with Gasteiger partial charge in [-0.2, -0.15) is 0 Å². The number of hydrogen-bond donors (Lipinski definition) is 1. The normalized spacial score (nSPS) is 11.4. The van der Waals surface area contributed by atoms with Crippen molar-refractivity contribution >= 4 is 22.6 Å².